The molecule has 0 aliphatic carbocycles. The normalized spacial score (nSPS) is 14.8. The van der Waals surface area contributed by atoms with E-state index in [4.69, 9.17) is 9.47 Å². The second-order valence-corrected chi connectivity index (χ2v) is 7.09. The number of hydrogen-bond acceptors (Lipinski definition) is 4. The summed E-state index contributed by atoms with van der Waals surface area (Å²) in [6.45, 7) is 4.85. The van der Waals surface area contributed by atoms with Crippen LogP contribution in [0.2, 0.25) is 0 Å². The molecule has 2 aromatic rings. The van der Waals surface area contributed by atoms with Crippen molar-refractivity contribution < 1.29 is 14.3 Å². The Morgan fingerprint density at radius 3 is 2.50 bits per heavy atom. The highest BCUT2D eigenvalue weighted by atomic mass is 79.9. The Morgan fingerprint density at radius 1 is 1.08 bits per heavy atom. The van der Waals surface area contributed by atoms with E-state index in [-0.39, 0.29) is 12.5 Å². The Morgan fingerprint density at radius 2 is 1.77 bits per heavy atom. The van der Waals surface area contributed by atoms with Crippen LogP contribution in [0.5, 0.6) is 5.75 Å². The molecular formula is C20H23BrN2O3. The van der Waals surface area contributed by atoms with Gasteiger partial charge in [-0.15, -0.1) is 0 Å². The number of ether oxygens (including phenoxy) is 2. The van der Waals surface area contributed by atoms with Crippen molar-refractivity contribution in [3.05, 3.63) is 64.1 Å². The molecule has 6 heteroatoms. The number of amides is 1. The number of nitrogens with one attached hydrogen (secondary N) is 1. The number of benzene rings is 2. The quantitative estimate of drug-likeness (QED) is 0.750. The van der Waals surface area contributed by atoms with E-state index in [1.165, 1.54) is 5.56 Å². The summed E-state index contributed by atoms with van der Waals surface area (Å²) in [5, 5.41) is 2.94. The van der Waals surface area contributed by atoms with Crippen molar-refractivity contribution in [3.8, 4) is 5.75 Å². The molecule has 0 bridgehead atoms. The van der Waals surface area contributed by atoms with E-state index in [2.05, 4.69) is 38.3 Å². The van der Waals surface area contributed by atoms with Crippen molar-refractivity contribution >= 4 is 21.8 Å². The van der Waals surface area contributed by atoms with Crippen molar-refractivity contribution in [1.82, 2.24) is 10.2 Å². The minimum absolute atomic E-state index is 0.00721. The van der Waals surface area contributed by atoms with Crippen LogP contribution >= 0.6 is 15.9 Å². The first-order valence-electron chi connectivity index (χ1n) is 8.72. The average Bonchev–Trinajstić information content (AvgIpc) is 2.68. The highest BCUT2D eigenvalue weighted by molar-refractivity contribution is 9.10. The summed E-state index contributed by atoms with van der Waals surface area (Å²) < 4.78 is 11.9. The standard InChI is InChI=1S/C20H23BrN2O3/c21-18-5-7-19(8-6-18)26-15-20(24)22-13-16-3-1-2-4-17(16)14-23-9-11-25-12-10-23/h1-8H,9-15H2,(H,22,24). The van der Waals surface area contributed by atoms with Gasteiger partial charge in [0.15, 0.2) is 6.61 Å². The Balaban J connectivity index is 1.49. The summed E-state index contributed by atoms with van der Waals surface area (Å²) in [4.78, 5) is 14.5. The molecule has 2 aromatic carbocycles. The highest BCUT2D eigenvalue weighted by Crippen LogP contribution is 2.16. The summed E-state index contributed by atoms with van der Waals surface area (Å²) in [5.74, 6) is 0.546. The summed E-state index contributed by atoms with van der Waals surface area (Å²) in [6.07, 6.45) is 0. The topological polar surface area (TPSA) is 50.8 Å². The van der Waals surface area contributed by atoms with Gasteiger partial charge in [0.25, 0.3) is 5.91 Å². The summed E-state index contributed by atoms with van der Waals surface area (Å²) in [6, 6.07) is 15.6. The number of morpholine rings is 1. The molecule has 1 heterocycles. The van der Waals surface area contributed by atoms with Crippen molar-refractivity contribution in [1.29, 1.82) is 0 Å². The van der Waals surface area contributed by atoms with E-state index in [1.807, 2.05) is 36.4 Å². The average molecular weight is 419 g/mol. The van der Waals surface area contributed by atoms with Gasteiger partial charge in [-0.3, -0.25) is 9.69 Å². The molecule has 0 saturated carbocycles. The fraction of sp³-hybridized carbons (Fsp3) is 0.350. The fourth-order valence-corrected chi connectivity index (χ4v) is 3.07. The Bertz CT molecular complexity index is 715. The molecule has 138 valence electrons. The lowest BCUT2D eigenvalue weighted by Gasteiger charge is -2.27. The van der Waals surface area contributed by atoms with Crippen molar-refractivity contribution in [3.63, 3.8) is 0 Å². The van der Waals surface area contributed by atoms with Gasteiger partial charge in [0.1, 0.15) is 5.75 Å². The minimum atomic E-state index is -0.130. The van der Waals surface area contributed by atoms with Gasteiger partial charge in [0, 0.05) is 30.7 Å². The molecule has 0 radical (unpaired) electrons. The van der Waals surface area contributed by atoms with Crippen LogP contribution in [0, 0.1) is 0 Å². The van der Waals surface area contributed by atoms with Crippen LogP contribution in [0.3, 0.4) is 0 Å². The maximum Gasteiger partial charge on any atom is 0.258 e. The zero-order valence-corrected chi connectivity index (χ0v) is 16.2. The van der Waals surface area contributed by atoms with Crippen LogP contribution < -0.4 is 10.1 Å². The number of carbonyl (C=O) groups is 1. The highest BCUT2D eigenvalue weighted by Gasteiger charge is 2.13. The van der Waals surface area contributed by atoms with Gasteiger partial charge in [-0.05, 0) is 35.4 Å². The minimum Gasteiger partial charge on any atom is -0.484 e. The lowest BCUT2D eigenvalue weighted by atomic mass is 10.1. The van der Waals surface area contributed by atoms with Gasteiger partial charge in [-0.1, -0.05) is 40.2 Å². The SMILES string of the molecule is O=C(COc1ccc(Br)cc1)NCc1ccccc1CN1CCOCC1. The second-order valence-electron chi connectivity index (χ2n) is 6.18. The predicted octanol–water partition coefficient (Wildman–Crippen LogP) is 2.98. The smallest absolute Gasteiger partial charge is 0.258 e. The Labute approximate surface area is 162 Å². The van der Waals surface area contributed by atoms with Crippen LogP contribution in [0.1, 0.15) is 11.1 Å². The first kappa shape index (κ1) is 18.9. The van der Waals surface area contributed by atoms with Gasteiger partial charge in [0.05, 0.1) is 13.2 Å². The molecule has 1 saturated heterocycles. The molecule has 1 fully saturated rings. The van der Waals surface area contributed by atoms with Crippen LogP contribution in [0.25, 0.3) is 0 Å². The van der Waals surface area contributed by atoms with Gasteiger partial charge in [-0.25, -0.2) is 0 Å². The third-order valence-electron chi connectivity index (χ3n) is 4.28. The zero-order valence-electron chi connectivity index (χ0n) is 14.6. The first-order chi connectivity index (χ1) is 12.7. The van der Waals surface area contributed by atoms with Crippen LogP contribution in [0.15, 0.2) is 53.0 Å². The molecule has 0 aromatic heterocycles. The van der Waals surface area contributed by atoms with E-state index >= 15 is 0 Å². The fourth-order valence-electron chi connectivity index (χ4n) is 2.81. The largest absolute Gasteiger partial charge is 0.484 e. The molecule has 0 atom stereocenters. The third kappa shape index (κ3) is 5.83. The second kappa shape index (κ2) is 9.71. The molecular weight excluding hydrogens is 396 g/mol. The molecule has 0 spiro atoms. The third-order valence-corrected chi connectivity index (χ3v) is 4.80. The van der Waals surface area contributed by atoms with Crippen molar-refractivity contribution in [2.45, 2.75) is 13.1 Å². The maximum atomic E-state index is 12.1. The molecule has 3 rings (SSSR count). The summed E-state index contributed by atoms with van der Waals surface area (Å²) >= 11 is 3.37. The lowest BCUT2D eigenvalue weighted by molar-refractivity contribution is -0.123. The van der Waals surface area contributed by atoms with E-state index in [1.54, 1.807) is 0 Å². The monoisotopic (exact) mass is 418 g/mol. The predicted molar refractivity (Wildman–Crippen MR) is 104 cm³/mol. The summed E-state index contributed by atoms with van der Waals surface area (Å²) in [5.41, 5.74) is 2.37. The van der Waals surface area contributed by atoms with E-state index in [0.717, 1.165) is 42.9 Å². The molecule has 26 heavy (non-hydrogen) atoms. The molecule has 1 N–H and O–H groups in total. The number of carbonyl (C=O) groups excluding carboxylic acids is 1. The van der Waals surface area contributed by atoms with Gasteiger partial charge in [0.2, 0.25) is 0 Å². The van der Waals surface area contributed by atoms with Crippen LogP contribution in [0.4, 0.5) is 0 Å². The molecule has 0 unspecified atom stereocenters. The van der Waals surface area contributed by atoms with Gasteiger partial charge < -0.3 is 14.8 Å². The zero-order chi connectivity index (χ0) is 18.2. The Hall–Kier alpha value is -1.89. The first-order valence-corrected chi connectivity index (χ1v) is 9.52. The number of rotatable bonds is 7. The van der Waals surface area contributed by atoms with Crippen molar-refractivity contribution in [2.24, 2.45) is 0 Å². The molecule has 1 amide bonds. The van der Waals surface area contributed by atoms with Crippen molar-refractivity contribution in [2.75, 3.05) is 32.9 Å². The number of halogens is 1. The van der Waals surface area contributed by atoms with E-state index in [9.17, 15) is 4.79 Å². The molecule has 1 aliphatic rings. The lowest BCUT2D eigenvalue weighted by Crippen LogP contribution is -2.36. The van der Waals surface area contributed by atoms with Crippen LogP contribution in [-0.2, 0) is 22.6 Å². The summed E-state index contributed by atoms with van der Waals surface area (Å²) in [7, 11) is 0. The number of hydrogen-bond donors (Lipinski definition) is 1. The maximum absolute atomic E-state index is 12.1. The number of nitrogens with zero attached hydrogens (tertiary/aromatic N) is 1. The molecule has 5 nitrogen and oxygen atoms in total. The van der Waals surface area contributed by atoms with Crippen LogP contribution in [-0.4, -0.2) is 43.7 Å². The van der Waals surface area contributed by atoms with E-state index in [0.29, 0.717) is 12.3 Å². The molecule has 1 aliphatic heterocycles. The Kier molecular flexibility index (Phi) is 7.05. The van der Waals surface area contributed by atoms with E-state index < -0.39 is 0 Å². The van der Waals surface area contributed by atoms with Gasteiger partial charge in [-0.2, -0.15) is 0 Å². The van der Waals surface area contributed by atoms with Gasteiger partial charge >= 0.3 is 0 Å².